The van der Waals surface area contributed by atoms with Crippen molar-refractivity contribution < 1.29 is 57.2 Å². The molecule has 0 radical (unpaired) electrons. The van der Waals surface area contributed by atoms with Gasteiger partial charge in [-0.3, -0.25) is 38.1 Å². The minimum Gasteiger partial charge on any atom is -0.468 e. The Morgan fingerprint density at radius 2 is 1.40 bits per heavy atom. The summed E-state index contributed by atoms with van der Waals surface area (Å²) in [5, 5.41) is 0. The van der Waals surface area contributed by atoms with Gasteiger partial charge in [0.15, 0.2) is 24.4 Å². The van der Waals surface area contributed by atoms with Crippen molar-refractivity contribution in [1.29, 1.82) is 0 Å². The van der Waals surface area contributed by atoms with Gasteiger partial charge in [0.25, 0.3) is 11.5 Å². The van der Waals surface area contributed by atoms with E-state index in [-0.39, 0.29) is 10.1 Å². The van der Waals surface area contributed by atoms with Crippen molar-refractivity contribution in [3.05, 3.63) is 68.5 Å². The number of nitrogens with zero attached hydrogens (tertiary/aromatic N) is 2. The minimum absolute atomic E-state index is 0.118. The van der Waals surface area contributed by atoms with Gasteiger partial charge in [-0.15, -0.1) is 0 Å². The molecule has 0 amide bonds. The molecule has 0 unspecified atom stereocenters. The van der Waals surface area contributed by atoms with Gasteiger partial charge in [-0.2, -0.15) is 4.57 Å². The average molecular weight is 605 g/mol. The van der Waals surface area contributed by atoms with E-state index in [0.29, 0.717) is 4.57 Å². The van der Waals surface area contributed by atoms with E-state index >= 15 is 0 Å². The van der Waals surface area contributed by atoms with Crippen LogP contribution >= 0.6 is 0 Å². The zero-order valence-electron chi connectivity index (χ0n) is 23.7. The van der Waals surface area contributed by atoms with Crippen LogP contribution in [0.3, 0.4) is 0 Å². The van der Waals surface area contributed by atoms with Gasteiger partial charge in [-0.1, -0.05) is 18.2 Å². The highest BCUT2D eigenvalue weighted by atomic mass is 16.7. The Labute approximate surface area is 243 Å². The predicted molar refractivity (Wildman–Crippen MR) is 140 cm³/mol. The number of ether oxygens (including phenoxy) is 6. The molecule has 0 saturated carbocycles. The summed E-state index contributed by atoms with van der Waals surface area (Å²) < 4.78 is 31.6. The molecule has 2 heterocycles. The van der Waals surface area contributed by atoms with Gasteiger partial charge in [-0.05, 0) is 12.1 Å². The van der Waals surface area contributed by atoms with Crippen LogP contribution in [0.4, 0.5) is 0 Å². The molecular weight excluding hydrogens is 576 g/mol. The highest BCUT2D eigenvalue weighted by molar-refractivity contribution is 6.01. The molecular formula is C27H28N2O14. The summed E-state index contributed by atoms with van der Waals surface area (Å²) in [7, 11) is 1.87. The van der Waals surface area contributed by atoms with Gasteiger partial charge in [0.05, 0.1) is 19.8 Å². The number of hydrogen-bond donors (Lipinski definition) is 0. The third-order valence-corrected chi connectivity index (χ3v) is 6.16. The summed E-state index contributed by atoms with van der Waals surface area (Å²) in [5.41, 5.74) is -3.55. The first-order chi connectivity index (χ1) is 20.3. The fourth-order valence-electron chi connectivity index (χ4n) is 4.36. The van der Waals surface area contributed by atoms with E-state index in [2.05, 4.69) is 9.47 Å². The van der Waals surface area contributed by atoms with Crippen LogP contribution in [0.15, 0.2) is 46.1 Å². The molecule has 2 aromatic rings. The van der Waals surface area contributed by atoms with E-state index in [4.69, 9.17) is 18.9 Å². The maximum absolute atomic E-state index is 13.8. The summed E-state index contributed by atoms with van der Waals surface area (Å²) in [6.45, 7) is 2.62. The number of esters is 5. The number of rotatable bonds is 9. The Balaban J connectivity index is 2.36. The van der Waals surface area contributed by atoms with Crippen molar-refractivity contribution in [2.45, 2.75) is 51.2 Å². The van der Waals surface area contributed by atoms with E-state index in [0.717, 1.165) is 41.2 Å². The average Bonchev–Trinajstić information content (AvgIpc) is 3.28. The maximum Gasteiger partial charge on any atom is 0.340 e. The number of benzene rings is 1. The molecule has 1 aromatic carbocycles. The number of hydrogen-bond acceptors (Lipinski definition) is 14. The lowest BCUT2D eigenvalue weighted by Crippen LogP contribution is -2.49. The van der Waals surface area contributed by atoms with Crippen molar-refractivity contribution in [3.63, 3.8) is 0 Å². The van der Waals surface area contributed by atoms with Crippen LogP contribution in [-0.4, -0.2) is 84.0 Å². The van der Waals surface area contributed by atoms with E-state index in [1.807, 2.05) is 0 Å². The predicted octanol–water partition coefficient (Wildman–Crippen LogP) is -0.548. The highest BCUT2D eigenvalue weighted by Gasteiger charge is 2.51. The first-order valence-corrected chi connectivity index (χ1v) is 12.6. The molecule has 16 heteroatoms. The molecule has 3 rings (SSSR count). The molecule has 1 saturated heterocycles. The molecule has 1 fully saturated rings. The van der Waals surface area contributed by atoms with Gasteiger partial charge >= 0.3 is 35.5 Å². The molecule has 0 bridgehead atoms. The number of carbonyl (C=O) groups excluding carboxylic acids is 6. The molecule has 0 spiro atoms. The Morgan fingerprint density at radius 1 is 0.837 bits per heavy atom. The van der Waals surface area contributed by atoms with E-state index in [1.165, 1.54) is 24.3 Å². The number of methoxy groups -OCH3 is 2. The molecule has 0 aliphatic carbocycles. The van der Waals surface area contributed by atoms with E-state index < -0.39 is 89.6 Å². The number of carbonyl (C=O) groups is 6. The van der Waals surface area contributed by atoms with Crippen molar-refractivity contribution in [2.75, 3.05) is 20.8 Å². The Hall–Kier alpha value is -5.12. The second kappa shape index (κ2) is 13.7. The van der Waals surface area contributed by atoms with Gasteiger partial charge < -0.3 is 28.4 Å². The fraction of sp³-hybridized carbons (Fsp3) is 0.407. The molecule has 43 heavy (non-hydrogen) atoms. The maximum atomic E-state index is 13.8. The zero-order valence-corrected chi connectivity index (χ0v) is 23.7. The van der Waals surface area contributed by atoms with Crippen LogP contribution in [0.2, 0.25) is 0 Å². The zero-order chi connectivity index (χ0) is 32.0. The normalized spacial score (nSPS) is 19.3. The minimum atomic E-state index is -2.07. The molecule has 1 aliphatic rings. The Kier molecular flexibility index (Phi) is 10.3. The second-order valence-corrected chi connectivity index (χ2v) is 9.08. The van der Waals surface area contributed by atoms with Gasteiger partial charge in [0.2, 0.25) is 0 Å². The quantitative estimate of drug-likeness (QED) is 0.200. The summed E-state index contributed by atoms with van der Waals surface area (Å²) >= 11 is 0. The van der Waals surface area contributed by atoms with Crippen molar-refractivity contribution in [3.8, 4) is 0 Å². The lowest BCUT2D eigenvalue weighted by Gasteiger charge is -2.25. The SMILES string of the molecule is COC(=O)C(C(=O)OC)c1cn([C@@H]2O[C@H](COC(C)=O)[C@@H](OC(C)=O)[C@H]2OC(C)=O)c(=O)n(C(=O)c2ccccc2)c1=O. The van der Waals surface area contributed by atoms with Crippen molar-refractivity contribution >= 4 is 35.8 Å². The summed E-state index contributed by atoms with van der Waals surface area (Å²) in [5.74, 6) is -8.24. The van der Waals surface area contributed by atoms with Crippen molar-refractivity contribution in [1.82, 2.24) is 9.13 Å². The Bertz CT molecular complexity index is 1530. The van der Waals surface area contributed by atoms with E-state index in [1.54, 1.807) is 6.07 Å². The van der Waals surface area contributed by atoms with Crippen LogP contribution < -0.4 is 11.2 Å². The lowest BCUT2D eigenvalue weighted by atomic mass is 10.0. The third-order valence-electron chi connectivity index (χ3n) is 6.16. The molecule has 0 N–H and O–H groups in total. The number of aromatic nitrogens is 2. The largest absolute Gasteiger partial charge is 0.468 e. The fourth-order valence-corrected chi connectivity index (χ4v) is 4.36. The smallest absolute Gasteiger partial charge is 0.340 e. The van der Waals surface area contributed by atoms with Crippen LogP contribution in [-0.2, 0) is 52.4 Å². The first-order valence-electron chi connectivity index (χ1n) is 12.6. The summed E-state index contributed by atoms with van der Waals surface area (Å²) in [6.07, 6.45) is -5.38. The second-order valence-electron chi connectivity index (χ2n) is 9.08. The molecule has 1 aromatic heterocycles. The summed E-state index contributed by atoms with van der Waals surface area (Å²) in [4.78, 5) is 102. The molecule has 4 atom stereocenters. The summed E-state index contributed by atoms with van der Waals surface area (Å²) in [6, 6.07) is 7.12. The van der Waals surface area contributed by atoms with Crippen LogP contribution in [0.25, 0.3) is 0 Å². The van der Waals surface area contributed by atoms with Crippen LogP contribution in [0, 0.1) is 0 Å². The van der Waals surface area contributed by atoms with E-state index in [9.17, 15) is 38.4 Å². The van der Waals surface area contributed by atoms with Crippen molar-refractivity contribution in [2.24, 2.45) is 0 Å². The topological polar surface area (TPSA) is 202 Å². The first kappa shape index (κ1) is 32.4. The molecule has 230 valence electrons. The van der Waals surface area contributed by atoms with Crippen LogP contribution in [0.1, 0.15) is 48.8 Å². The lowest BCUT2D eigenvalue weighted by molar-refractivity contribution is -0.166. The Morgan fingerprint density at radius 3 is 1.91 bits per heavy atom. The van der Waals surface area contributed by atoms with Gasteiger partial charge in [0, 0.05) is 32.5 Å². The molecule has 1 aliphatic heterocycles. The highest BCUT2D eigenvalue weighted by Crippen LogP contribution is 2.34. The third kappa shape index (κ3) is 7.03. The van der Waals surface area contributed by atoms with Gasteiger partial charge in [0.1, 0.15) is 12.7 Å². The molecule has 16 nitrogen and oxygen atoms in total. The monoisotopic (exact) mass is 604 g/mol. The van der Waals surface area contributed by atoms with Gasteiger partial charge in [-0.25, -0.2) is 4.79 Å². The standard InChI is InChI=1S/C27H28N2O14/c1-13(30)40-12-18-20(41-14(2)31)21(42-15(3)32)24(43-18)28-11-17(19(25(35)38-4)26(36)39-5)23(34)29(27(28)37)22(33)16-9-7-6-8-10-16/h6-11,18-21,24H,12H2,1-5H3/t18-,20-,21-,24-/m1/s1. The van der Waals surface area contributed by atoms with Crippen LogP contribution in [0.5, 0.6) is 0 Å².